The van der Waals surface area contributed by atoms with Crippen molar-refractivity contribution in [1.29, 1.82) is 0 Å². The van der Waals surface area contributed by atoms with Crippen LogP contribution in [0.1, 0.15) is 21.6 Å². The highest BCUT2D eigenvalue weighted by atomic mass is 79.9. The van der Waals surface area contributed by atoms with Crippen LogP contribution in [0.15, 0.2) is 58.2 Å². The minimum absolute atomic E-state index is 0.0171. The Labute approximate surface area is 205 Å². The van der Waals surface area contributed by atoms with Crippen LogP contribution in [0.2, 0.25) is 15.1 Å². The van der Waals surface area contributed by atoms with E-state index in [2.05, 4.69) is 31.4 Å². The number of rotatable bonds is 7. The third-order valence-electron chi connectivity index (χ3n) is 3.98. The number of aromatic nitrogens is 1. The molecule has 0 aliphatic heterocycles. The number of amides is 1. The van der Waals surface area contributed by atoms with Gasteiger partial charge in [0.2, 0.25) is 0 Å². The van der Waals surface area contributed by atoms with Crippen molar-refractivity contribution in [1.82, 2.24) is 10.4 Å². The molecule has 0 aliphatic rings. The van der Waals surface area contributed by atoms with Gasteiger partial charge in [-0.3, -0.25) is 14.9 Å². The van der Waals surface area contributed by atoms with Gasteiger partial charge in [-0.15, -0.1) is 0 Å². The van der Waals surface area contributed by atoms with Crippen LogP contribution in [0.25, 0.3) is 0 Å². The van der Waals surface area contributed by atoms with Crippen LogP contribution in [-0.2, 0) is 6.61 Å². The Balaban J connectivity index is 1.64. The van der Waals surface area contributed by atoms with Gasteiger partial charge in [-0.05, 0) is 51.8 Å². The van der Waals surface area contributed by atoms with E-state index in [4.69, 9.17) is 39.5 Å². The summed E-state index contributed by atoms with van der Waals surface area (Å²) in [4.78, 5) is 25.8. The minimum Gasteiger partial charge on any atom is -0.486 e. The monoisotopic (exact) mass is 556 g/mol. The van der Waals surface area contributed by atoms with Crippen LogP contribution in [0.4, 0.5) is 5.69 Å². The summed E-state index contributed by atoms with van der Waals surface area (Å²) in [5.74, 6) is -0.213. The number of nitro groups is 1. The standard InChI is InChI=1S/C20H12BrCl3N4O4/c21-15-5-11(8-26-27-20(29)18-4-3-14(9-25-18)28(30)31)6-17(24)19(15)32-10-12-1-2-13(22)7-16(12)23/h1-9H,10H2,(H,27,29)/b26-8+. The zero-order chi connectivity index (χ0) is 23.3. The Hall–Kier alpha value is -2.72. The molecule has 1 N–H and O–H groups in total. The molecule has 0 saturated heterocycles. The third kappa shape index (κ3) is 6.17. The lowest BCUT2D eigenvalue weighted by atomic mass is 10.2. The lowest BCUT2D eigenvalue weighted by Crippen LogP contribution is -2.18. The van der Waals surface area contributed by atoms with Gasteiger partial charge in [0.25, 0.3) is 11.6 Å². The maximum Gasteiger partial charge on any atom is 0.289 e. The Morgan fingerprint density at radius 2 is 1.97 bits per heavy atom. The number of pyridine rings is 1. The summed E-state index contributed by atoms with van der Waals surface area (Å²) in [7, 11) is 0. The van der Waals surface area contributed by atoms with Crippen LogP contribution in [0, 0.1) is 10.1 Å². The maximum atomic E-state index is 12.0. The van der Waals surface area contributed by atoms with Gasteiger partial charge in [0.15, 0.2) is 5.75 Å². The van der Waals surface area contributed by atoms with Crippen molar-refractivity contribution in [3.63, 3.8) is 0 Å². The average Bonchev–Trinajstić information content (AvgIpc) is 2.74. The summed E-state index contributed by atoms with van der Waals surface area (Å²) in [6, 6.07) is 10.8. The molecule has 0 saturated carbocycles. The highest BCUT2D eigenvalue weighted by Gasteiger charge is 2.12. The Kier molecular flexibility index (Phi) is 8.03. The summed E-state index contributed by atoms with van der Waals surface area (Å²) in [5.41, 5.74) is 3.38. The molecule has 164 valence electrons. The molecule has 0 radical (unpaired) electrons. The molecule has 0 spiro atoms. The summed E-state index contributed by atoms with van der Waals surface area (Å²) >= 11 is 21.8. The number of halogens is 4. The van der Waals surface area contributed by atoms with Crippen molar-refractivity contribution in [2.75, 3.05) is 0 Å². The SMILES string of the molecule is O=C(N/N=C/c1cc(Cl)c(OCc2ccc(Cl)cc2Cl)c(Br)c1)c1ccc([N+](=O)[O-])cn1. The van der Waals surface area contributed by atoms with Crippen LogP contribution in [0.5, 0.6) is 5.75 Å². The van der Waals surface area contributed by atoms with E-state index >= 15 is 0 Å². The molecule has 1 heterocycles. The zero-order valence-corrected chi connectivity index (χ0v) is 19.7. The van der Waals surface area contributed by atoms with Crippen molar-refractivity contribution in [2.24, 2.45) is 5.10 Å². The molecule has 1 amide bonds. The Morgan fingerprint density at radius 1 is 1.19 bits per heavy atom. The minimum atomic E-state index is -0.624. The quantitative estimate of drug-likeness (QED) is 0.216. The predicted molar refractivity (Wildman–Crippen MR) is 126 cm³/mol. The van der Waals surface area contributed by atoms with Gasteiger partial charge >= 0.3 is 0 Å². The summed E-state index contributed by atoms with van der Waals surface area (Å²) in [6.07, 6.45) is 2.37. The molecule has 1 aromatic heterocycles. The molecule has 3 rings (SSSR count). The Morgan fingerprint density at radius 3 is 2.59 bits per heavy atom. The number of hydrazone groups is 1. The van der Waals surface area contributed by atoms with Crippen LogP contribution in [-0.4, -0.2) is 22.0 Å². The van der Waals surface area contributed by atoms with Gasteiger partial charge in [-0.1, -0.05) is 40.9 Å². The normalized spacial score (nSPS) is 10.9. The molecule has 0 fully saturated rings. The van der Waals surface area contributed by atoms with Crippen molar-refractivity contribution in [3.05, 3.63) is 95.1 Å². The van der Waals surface area contributed by atoms with Crippen molar-refractivity contribution >= 4 is 68.5 Å². The van der Waals surface area contributed by atoms with Gasteiger partial charge in [0.05, 0.1) is 20.6 Å². The molecular weight excluding hydrogens is 547 g/mol. The number of hydrogen-bond donors (Lipinski definition) is 1. The van der Waals surface area contributed by atoms with Crippen LogP contribution in [0.3, 0.4) is 0 Å². The molecule has 0 unspecified atom stereocenters. The second kappa shape index (κ2) is 10.7. The third-order valence-corrected chi connectivity index (χ3v) is 5.44. The number of hydrogen-bond acceptors (Lipinski definition) is 6. The molecule has 2 aromatic carbocycles. The average molecular weight is 559 g/mol. The van der Waals surface area contributed by atoms with Crippen LogP contribution >= 0.6 is 50.7 Å². The summed E-state index contributed by atoms with van der Waals surface area (Å²) in [5, 5.41) is 15.8. The van der Waals surface area contributed by atoms with E-state index < -0.39 is 10.8 Å². The largest absolute Gasteiger partial charge is 0.486 e. The van der Waals surface area contributed by atoms with Gasteiger partial charge in [0, 0.05) is 21.7 Å². The topological polar surface area (TPSA) is 107 Å². The number of carbonyl (C=O) groups is 1. The second-order valence-electron chi connectivity index (χ2n) is 6.20. The second-order valence-corrected chi connectivity index (χ2v) is 8.30. The fraction of sp³-hybridized carbons (Fsp3) is 0.0500. The number of nitrogens with one attached hydrogen (secondary N) is 1. The van der Waals surface area contributed by atoms with E-state index in [-0.39, 0.29) is 18.0 Å². The van der Waals surface area contributed by atoms with Gasteiger partial charge in [-0.25, -0.2) is 10.4 Å². The molecule has 3 aromatic rings. The molecule has 32 heavy (non-hydrogen) atoms. The lowest BCUT2D eigenvalue weighted by molar-refractivity contribution is -0.385. The number of ether oxygens (including phenoxy) is 1. The highest BCUT2D eigenvalue weighted by molar-refractivity contribution is 9.10. The molecular formula is C20H12BrCl3N4O4. The number of carbonyl (C=O) groups excluding carboxylic acids is 1. The fourth-order valence-corrected chi connectivity index (χ4v) is 3.88. The van der Waals surface area contributed by atoms with Crippen molar-refractivity contribution in [2.45, 2.75) is 6.61 Å². The first-order valence-electron chi connectivity index (χ1n) is 8.74. The van der Waals surface area contributed by atoms with Crippen molar-refractivity contribution < 1.29 is 14.5 Å². The molecule has 0 aliphatic carbocycles. The van der Waals surface area contributed by atoms with E-state index in [1.54, 1.807) is 30.3 Å². The fourth-order valence-electron chi connectivity index (χ4n) is 2.43. The van der Waals surface area contributed by atoms with E-state index in [0.29, 0.717) is 30.9 Å². The highest BCUT2D eigenvalue weighted by Crippen LogP contribution is 2.35. The van der Waals surface area contributed by atoms with E-state index in [9.17, 15) is 14.9 Å². The van der Waals surface area contributed by atoms with Gasteiger partial charge in [0.1, 0.15) is 18.5 Å². The maximum absolute atomic E-state index is 12.0. The first-order chi connectivity index (χ1) is 15.2. The van der Waals surface area contributed by atoms with E-state index in [1.165, 1.54) is 18.3 Å². The first kappa shape index (κ1) is 23.9. The Bertz CT molecular complexity index is 1180. The molecule has 0 atom stereocenters. The smallest absolute Gasteiger partial charge is 0.289 e. The summed E-state index contributed by atoms with van der Waals surface area (Å²) in [6.45, 7) is 0.181. The molecule has 0 bridgehead atoms. The number of benzene rings is 2. The van der Waals surface area contributed by atoms with E-state index in [0.717, 1.165) is 11.8 Å². The van der Waals surface area contributed by atoms with Gasteiger partial charge < -0.3 is 4.74 Å². The van der Waals surface area contributed by atoms with Gasteiger partial charge in [-0.2, -0.15) is 5.10 Å². The number of nitrogens with zero attached hydrogens (tertiary/aromatic N) is 3. The predicted octanol–water partition coefficient (Wildman–Crippen LogP) is 6.06. The van der Waals surface area contributed by atoms with Crippen LogP contribution < -0.4 is 10.2 Å². The molecule has 12 heteroatoms. The van der Waals surface area contributed by atoms with E-state index in [1.807, 2.05) is 0 Å². The lowest BCUT2D eigenvalue weighted by Gasteiger charge is -2.12. The first-order valence-corrected chi connectivity index (χ1v) is 10.7. The zero-order valence-electron chi connectivity index (χ0n) is 15.9. The molecule has 8 nitrogen and oxygen atoms in total. The summed E-state index contributed by atoms with van der Waals surface area (Å²) < 4.78 is 6.35. The van der Waals surface area contributed by atoms with Crippen molar-refractivity contribution in [3.8, 4) is 5.75 Å².